The van der Waals surface area contributed by atoms with Crippen LogP contribution in [0.25, 0.3) is 11.1 Å². The van der Waals surface area contributed by atoms with Crippen LogP contribution in [-0.4, -0.2) is 83.6 Å². The van der Waals surface area contributed by atoms with E-state index in [1.807, 2.05) is 30.1 Å². The fraction of sp³-hybridized carbons (Fsp3) is 0.550. The number of carbonyl (C=O) groups is 3. The predicted octanol–water partition coefficient (Wildman–Crippen LogP) is 5.30. The molecule has 12 heteroatoms. The van der Waals surface area contributed by atoms with Gasteiger partial charge in [-0.15, -0.1) is 0 Å². The number of anilines is 1. The van der Waals surface area contributed by atoms with Gasteiger partial charge in [0.15, 0.2) is 12.3 Å². The summed E-state index contributed by atoms with van der Waals surface area (Å²) in [7, 11) is 3.52. The first-order chi connectivity index (χ1) is 24.7. The maximum absolute atomic E-state index is 12.8. The van der Waals surface area contributed by atoms with Crippen LogP contribution in [0, 0.1) is 23.2 Å². The molecule has 0 spiro atoms. The molecule has 4 aliphatic carbocycles. The van der Waals surface area contributed by atoms with Gasteiger partial charge in [0, 0.05) is 67.4 Å². The third-order valence-electron chi connectivity index (χ3n) is 12.0. The van der Waals surface area contributed by atoms with Gasteiger partial charge in [0.05, 0.1) is 12.2 Å². The number of nitrogens with zero attached hydrogens (tertiary/aromatic N) is 3. The van der Waals surface area contributed by atoms with E-state index in [0.717, 1.165) is 49.2 Å². The molecule has 2 atom stereocenters. The monoisotopic (exact) mass is 713 g/mol. The van der Waals surface area contributed by atoms with Gasteiger partial charge in [-0.05, 0) is 111 Å². The Hall–Kier alpha value is -4.42. The number of hydrogen-bond donors (Lipinski definition) is 4. The van der Waals surface area contributed by atoms with Gasteiger partial charge in [-0.1, -0.05) is 13.8 Å². The van der Waals surface area contributed by atoms with Crippen LogP contribution in [0.5, 0.6) is 5.75 Å². The molecule has 0 radical (unpaired) electrons. The number of fused-ring (bicyclic) bond motifs is 1. The number of aliphatic carboxylic acids is 1. The average Bonchev–Trinajstić information content (AvgIpc) is 3.42. The van der Waals surface area contributed by atoms with Gasteiger partial charge in [-0.2, -0.15) is 0 Å². The van der Waals surface area contributed by atoms with Gasteiger partial charge in [0.2, 0.25) is 0 Å². The summed E-state index contributed by atoms with van der Waals surface area (Å²) in [6, 6.07) is 8.98. The largest absolute Gasteiger partial charge is 0.482 e. The van der Waals surface area contributed by atoms with E-state index in [1.54, 1.807) is 19.2 Å². The maximum Gasteiger partial charge on any atom is 0.355 e. The minimum Gasteiger partial charge on any atom is -0.482 e. The molecule has 4 saturated carbocycles. The zero-order valence-corrected chi connectivity index (χ0v) is 30.9. The van der Waals surface area contributed by atoms with Crippen LogP contribution in [0.1, 0.15) is 90.0 Å². The van der Waals surface area contributed by atoms with Crippen molar-refractivity contribution >= 4 is 23.7 Å². The van der Waals surface area contributed by atoms with Crippen molar-refractivity contribution in [1.82, 2.24) is 20.2 Å². The molecule has 2 aromatic heterocycles. The highest BCUT2D eigenvalue weighted by atomic mass is 16.5. The summed E-state index contributed by atoms with van der Waals surface area (Å²) in [6.45, 7) is 9.69. The first-order valence-electron chi connectivity index (χ1n) is 18.4. The molecule has 5 aliphatic rings. The molecule has 12 nitrogen and oxygen atoms in total. The van der Waals surface area contributed by atoms with Crippen LogP contribution in [-0.2, 0) is 29.0 Å². The second-order valence-electron chi connectivity index (χ2n) is 16.6. The summed E-state index contributed by atoms with van der Waals surface area (Å²) in [5.74, 6) is -1.56. The topological polar surface area (TPSA) is 155 Å². The van der Waals surface area contributed by atoms with E-state index < -0.39 is 18.5 Å². The van der Waals surface area contributed by atoms with E-state index >= 15 is 0 Å². The number of benzene rings is 1. The molecular weight excluding hydrogens is 662 g/mol. The van der Waals surface area contributed by atoms with E-state index in [1.165, 1.54) is 19.3 Å². The third kappa shape index (κ3) is 6.55. The number of aromatic nitrogens is 2. The zero-order chi connectivity index (χ0) is 37.1. The number of carboxylic acid groups (broad SMARTS) is 2. The summed E-state index contributed by atoms with van der Waals surface area (Å²) < 4.78 is 14.6. The fourth-order valence-electron chi connectivity index (χ4n) is 11.4. The second-order valence-corrected chi connectivity index (χ2v) is 16.6. The standard InChI is InChI=1S/C40H51N5O7/c1-25-26(10-14-45(25)24-39-19-37(2)18-38(3,20-39)22-40(21-37,23-39)52-15-12-41-4)28-7-9-32(43-34(28)36(49)50)44-13-11-27-30(16-44)29(35(48)42-5)6-8-31(27)51-17-33(46)47/h6-10,14,41H,11-13,15-24H2,1-5H3,(H,42,48)(H,46,47)(H,49,50). The number of ether oxygens (including phenoxy) is 2. The molecule has 1 aliphatic heterocycles. The van der Waals surface area contributed by atoms with Crippen molar-refractivity contribution < 1.29 is 34.1 Å². The van der Waals surface area contributed by atoms with Crippen molar-refractivity contribution in [2.75, 3.05) is 45.3 Å². The van der Waals surface area contributed by atoms with Crippen molar-refractivity contribution in [1.29, 1.82) is 0 Å². The fourth-order valence-corrected chi connectivity index (χ4v) is 11.4. The molecule has 0 saturated heterocycles. The van der Waals surface area contributed by atoms with Crippen LogP contribution in [0.15, 0.2) is 36.5 Å². The Labute approximate surface area is 304 Å². The Morgan fingerprint density at radius 2 is 1.67 bits per heavy atom. The van der Waals surface area contributed by atoms with Gasteiger partial charge in [-0.25, -0.2) is 14.6 Å². The Balaban J connectivity index is 1.16. The van der Waals surface area contributed by atoms with E-state index in [0.29, 0.717) is 47.8 Å². The lowest BCUT2D eigenvalue weighted by Crippen LogP contribution is -2.64. The van der Waals surface area contributed by atoms with Crippen LogP contribution >= 0.6 is 0 Å². The Kier molecular flexibility index (Phi) is 9.14. The number of carboxylic acids is 2. The Bertz CT molecular complexity index is 1900. The minimum atomic E-state index is -1.11. The molecule has 278 valence electrons. The van der Waals surface area contributed by atoms with Gasteiger partial charge in [-0.3, -0.25) is 4.79 Å². The van der Waals surface area contributed by atoms with Gasteiger partial charge >= 0.3 is 11.9 Å². The second kappa shape index (κ2) is 13.2. The van der Waals surface area contributed by atoms with Crippen LogP contribution in [0.2, 0.25) is 0 Å². The number of likely N-dealkylation sites (N-methyl/N-ethyl adjacent to an activating group) is 1. The Morgan fingerprint density at radius 1 is 0.923 bits per heavy atom. The normalized spacial score (nSPS) is 27.4. The number of nitrogens with one attached hydrogen (secondary N) is 2. The van der Waals surface area contributed by atoms with Gasteiger partial charge in [0.1, 0.15) is 11.6 Å². The van der Waals surface area contributed by atoms with E-state index in [9.17, 15) is 19.5 Å². The average molecular weight is 714 g/mol. The molecule has 4 fully saturated rings. The van der Waals surface area contributed by atoms with Crippen LogP contribution in [0.3, 0.4) is 0 Å². The maximum atomic E-state index is 12.8. The van der Waals surface area contributed by atoms with Crippen molar-refractivity contribution in [2.45, 2.75) is 84.4 Å². The summed E-state index contributed by atoms with van der Waals surface area (Å²) in [5, 5.41) is 25.5. The van der Waals surface area contributed by atoms with Crippen molar-refractivity contribution in [3.05, 3.63) is 64.6 Å². The number of amides is 1. The number of hydrogen-bond acceptors (Lipinski definition) is 8. The molecule has 4 N–H and O–H groups in total. The molecule has 3 aromatic rings. The molecule has 8 rings (SSSR count). The van der Waals surface area contributed by atoms with Crippen molar-refractivity contribution in [3.8, 4) is 16.9 Å². The van der Waals surface area contributed by atoms with E-state index in [4.69, 9.17) is 19.6 Å². The number of pyridine rings is 1. The summed E-state index contributed by atoms with van der Waals surface area (Å²) in [6.07, 6.45) is 9.43. The smallest absolute Gasteiger partial charge is 0.355 e. The lowest BCUT2D eigenvalue weighted by Gasteiger charge is -2.69. The first-order valence-corrected chi connectivity index (χ1v) is 18.4. The quantitative estimate of drug-likeness (QED) is 0.172. The SMILES string of the molecule is CNCCOC12CC3(C)CC(C)(CC(Cn4ccc(-c5ccc(N6CCc7c(OCC(=O)O)ccc(C(=O)NC)c7C6)nc5C(=O)O)c4C)(C3)C1)C2. The summed E-state index contributed by atoms with van der Waals surface area (Å²) >= 11 is 0. The van der Waals surface area contributed by atoms with Crippen molar-refractivity contribution in [3.63, 3.8) is 0 Å². The summed E-state index contributed by atoms with van der Waals surface area (Å²) in [5.41, 5.74) is 4.82. The molecule has 3 heterocycles. The first kappa shape index (κ1) is 36.0. The predicted molar refractivity (Wildman–Crippen MR) is 196 cm³/mol. The highest BCUT2D eigenvalue weighted by molar-refractivity contribution is 5.97. The Morgan fingerprint density at radius 3 is 2.35 bits per heavy atom. The van der Waals surface area contributed by atoms with Crippen LogP contribution < -0.4 is 20.3 Å². The van der Waals surface area contributed by atoms with Gasteiger partial charge < -0.3 is 39.8 Å². The highest BCUT2D eigenvalue weighted by Gasteiger charge is 2.66. The molecular formula is C40H51N5O7. The van der Waals surface area contributed by atoms with Gasteiger partial charge in [0.25, 0.3) is 5.91 Å². The molecule has 2 unspecified atom stereocenters. The number of rotatable bonds is 13. The molecule has 4 bridgehead atoms. The van der Waals surface area contributed by atoms with Crippen LogP contribution in [0.4, 0.5) is 5.82 Å². The van der Waals surface area contributed by atoms with E-state index in [2.05, 4.69) is 42.2 Å². The lowest BCUT2D eigenvalue weighted by molar-refractivity contribution is -0.247. The van der Waals surface area contributed by atoms with Crippen molar-refractivity contribution in [2.24, 2.45) is 16.2 Å². The summed E-state index contributed by atoms with van der Waals surface area (Å²) in [4.78, 5) is 43.5. The minimum absolute atomic E-state index is 0.0269. The molecule has 1 amide bonds. The zero-order valence-electron chi connectivity index (χ0n) is 30.9. The number of carbonyl (C=O) groups excluding carboxylic acids is 1. The molecule has 1 aromatic carbocycles. The number of aromatic carboxylic acids is 1. The molecule has 52 heavy (non-hydrogen) atoms. The lowest BCUT2D eigenvalue weighted by atomic mass is 9.39. The third-order valence-corrected chi connectivity index (χ3v) is 12.0. The van der Waals surface area contributed by atoms with E-state index in [-0.39, 0.29) is 40.0 Å². The highest BCUT2D eigenvalue weighted by Crippen LogP contribution is 2.72.